The number of ether oxygens (including phenoxy) is 1. The molecule has 2 aromatic rings. The van der Waals surface area contributed by atoms with Crippen molar-refractivity contribution in [3.63, 3.8) is 0 Å². The summed E-state index contributed by atoms with van der Waals surface area (Å²) in [5.41, 5.74) is 0.150. The van der Waals surface area contributed by atoms with E-state index in [9.17, 15) is 8.78 Å². The van der Waals surface area contributed by atoms with Gasteiger partial charge in [0.25, 0.3) is 0 Å². The Morgan fingerprint density at radius 1 is 1.11 bits per heavy atom. The Labute approximate surface area is 106 Å². The lowest BCUT2D eigenvalue weighted by Gasteiger charge is -2.06. The number of anilines is 2. The third-order valence-corrected chi connectivity index (χ3v) is 2.06. The lowest BCUT2D eigenvalue weighted by Crippen LogP contribution is -2.02. The van der Waals surface area contributed by atoms with E-state index < -0.39 is 11.6 Å². The van der Waals surface area contributed by atoms with Gasteiger partial charge in [-0.1, -0.05) is 0 Å². The first-order chi connectivity index (χ1) is 8.56. The van der Waals surface area contributed by atoms with Crippen molar-refractivity contribution >= 4 is 23.2 Å². The summed E-state index contributed by atoms with van der Waals surface area (Å²) in [6.45, 7) is 0. The van der Waals surface area contributed by atoms with E-state index in [0.717, 1.165) is 18.2 Å². The predicted molar refractivity (Wildman–Crippen MR) is 61.0 cm³/mol. The second kappa shape index (κ2) is 5.09. The molecule has 0 unspecified atom stereocenters. The van der Waals surface area contributed by atoms with Crippen LogP contribution in [0.4, 0.5) is 20.4 Å². The topological polar surface area (TPSA) is 59.9 Å². The van der Waals surface area contributed by atoms with Crippen LogP contribution < -0.4 is 10.1 Å². The molecule has 1 N–H and O–H groups in total. The van der Waals surface area contributed by atoms with Crippen LogP contribution in [0, 0.1) is 11.6 Å². The number of benzene rings is 1. The first-order valence-electron chi connectivity index (χ1n) is 4.75. The minimum absolute atomic E-state index is 0.00521. The predicted octanol–water partition coefficient (Wildman–Crippen LogP) is 2.56. The molecule has 0 aliphatic heterocycles. The highest BCUT2D eigenvalue weighted by atomic mass is 35.5. The van der Waals surface area contributed by atoms with Crippen LogP contribution in [0.5, 0.6) is 6.01 Å². The van der Waals surface area contributed by atoms with E-state index in [-0.39, 0.29) is 22.9 Å². The van der Waals surface area contributed by atoms with E-state index in [1.54, 1.807) is 0 Å². The highest BCUT2D eigenvalue weighted by Gasteiger charge is 2.07. The zero-order valence-corrected chi connectivity index (χ0v) is 9.87. The molecule has 0 radical (unpaired) electrons. The third kappa shape index (κ3) is 3.01. The Kier molecular flexibility index (Phi) is 3.52. The van der Waals surface area contributed by atoms with Gasteiger partial charge >= 0.3 is 6.01 Å². The van der Waals surface area contributed by atoms with E-state index in [1.165, 1.54) is 7.11 Å². The molecular formula is C10H7ClF2N4O. The Morgan fingerprint density at radius 3 is 2.39 bits per heavy atom. The maximum absolute atomic E-state index is 13.0. The van der Waals surface area contributed by atoms with Crippen LogP contribution in [-0.2, 0) is 0 Å². The Bertz CT molecular complexity index is 562. The number of halogens is 3. The highest BCUT2D eigenvalue weighted by molar-refractivity contribution is 6.28. The molecule has 0 aliphatic carbocycles. The Balaban J connectivity index is 2.30. The van der Waals surface area contributed by atoms with E-state index in [4.69, 9.17) is 16.3 Å². The van der Waals surface area contributed by atoms with Crippen molar-refractivity contribution in [3.05, 3.63) is 35.1 Å². The van der Waals surface area contributed by atoms with Crippen LogP contribution in [0.25, 0.3) is 0 Å². The van der Waals surface area contributed by atoms with Gasteiger partial charge in [-0.15, -0.1) is 0 Å². The number of rotatable bonds is 3. The third-order valence-electron chi connectivity index (χ3n) is 1.89. The van der Waals surface area contributed by atoms with Crippen molar-refractivity contribution in [1.29, 1.82) is 0 Å². The quantitative estimate of drug-likeness (QED) is 0.930. The minimum atomic E-state index is -0.718. The Hall–Kier alpha value is -2.02. The molecule has 0 fully saturated rings. The lowest BCUT2D eigenvalue weighted by molar-refractivity contribution is 0.379. The molecule has 1 heterocycles. The van der Waals surface area contributed by atoms with Crippen LogP contribution in [0.3, 0.4) is 0 Å². The van der Waals surface area contributed by atoms with Crippen LogP contribution in [0.15, 0.2) is 18.2 Å². The fourth-order valence-corrected chi connectivity index (χ4v) is 1.39. The van der Waals surface area contributed by atoms with Crippen molar-refractivity contribution < 1.29 is 13.5 Å². The van der Waals surface area contributed by atoms with E-state index >= 15 is 0 Å². The monoisotopic (exact) mass is 272 g/mol. The van der Waals surface area contributed by atoms with E-state index in [0.29, 0.717) is 0 Å². The molecule has 0 spiro atoms. The zero-order chi connectivity index (χ0) is 13.1. The van der Waals surface area contributed by atoms with Gasteiger partial charge in [0, 0.05) is 11.8 Å². The molecule has 0 bridgehead atoms. The summed E-state index contributed by atoms with van der Waals surface area (Å²) in [7, 11) is 1.36. The molecule has 5 nitrogen and oxygen atoms in total. The van der Waals surface area contributed by atoms with E-state index in [2.05, 4.69) is 20.3 Å². The summed E-state index contributed by atoms with van der Waals surface area (Å²) < 4.78 is 30.7. The molecule has 1 aromatic heterocycles. The fraction of sp³-hybridized carbons (Fsp3) is 0.100. The van der Waals surface area contributed by atoms with E-state index in [1.807, 2.05) is 0 Å². The SMILES string of the molecule is COc1nc(Cl)nc(Nc2cc(F)cc(F)c2)n1. The van der Waals surface area contributed by atoms with Crippen LogP contribution in [0.1, 0.15) is 0 Å². The van der Waals surface area contributed by atoms with Crippen molar-refractivity contribution in [3.8, 4) is 6.01 Å². The van der Waals surface area contributed by atoms with Gasteiger partial charge in [0.2, 0.25) is 11.2 Å². The number of nitrogens with one attached hydrogen (secondary N) is 1. The first-order valence-corrected chi connectivity index (χ1v) is 5.13. The fourth-order valence-electron chi connectivity index (χ4n) is 1.23. The maximum atomic E-state index is 13.0. The molecule has 0 atom stereocenters. The van der Waals surface area contributed by atoms with Crippen LogP contribution >= 0.6 is 11.6 Å². The molecule has 2 rings (SSSR count). The smallest absolute Gasteiger partial charge is 0.322 e. The van der Waals surface area contributed by atoms with Crippen molar-refractivity contribution in [2.45, 2.75) is 0 Å². The van der Waals surface area contributed by atoms with Gasteiger partial charge in [-0.05, 0) is 23.7 Å². The van der Waals surface area contributed by atoms with Crippen LogP contribution in [0.2, 0.25) is 5.28 Å². The molecule has 0 saturated carbocycles. The summed E-state index contributed by atoms with van der Waals surface area (Å²) >= 11 is 5.63. The minimum Gasteiger partial charge on any atom is -0.467 e. The number of aromatic nitrogens is 3. The second-order valence-corrected chi connectivity index (χ2v) is 3.54. The summed E-state index contributed by atoms with van der Waals surface area (Å²) in [6.07, 6.45) is 0. The molecule has 1 aromatic carbocycles. The number of nitrogens with zero attached hydrogens (tertiary/aromatic N) is 3. The number of hydrogen-bond acceptors (Lipinski definition) is 5. The number of methoxy groups -OCH3 is 1. The van der Waals surface area contributed by atoms with Crippen molar-refractivity contribution in [1.82, 2.24) is 15.0 Å². The van der Waals surface area contributed by atoms with Gasteiger partial charge in [0.05, 0.1) is 7.11 Å². The summed E-state index contributed by atoms with van der Waals surface area (Å²) in [5, 5.41) is 2.50. The molecule has 18 heavy (non-hydrogen) atoms. The summed E-state index contributed by atoms with van der Waals surface area (Å²) in [5.74, 6) is -1.41. The summed E-state index contributed by atoms with van der Waals surface area (Å²) in [6, 6.07) is 2.93. The van der Waals surface area contributed by atoms with Gasteiger partial charge < -0.3 is 10.1 Å². The standard InChI is InChI=1S/C10H7ClF2N4O/c1-18-10-16-8(11)15-9(17-10)14-7-3-5(12)2-6(13)4-7/h2-4H,1H3,(H,14,15,16,17). The summed E-state index contributed by atoms with van der Waals surface area (Å²) in [4.78, 5) is 11.2. The molecular weight excluding hydrogens is 266 g/mol. The molecule has 0 amide bonds. The molecule has 0 saturated heterocycles. The average molecular weight is 273 g/mol. The normalized spacial score (nSPS) is 10.2. The average Bonchev–Trinajstić information content (AvgIpc) is 2.26. The van der Waals surface area contributed by atoms with Gasteiger partial charge in [-0.3, -0.25) is 0 Å². The zero-order valence-electron chi connectivity index (χ0n) is 9.12. The Morgan fingerprint density at radius 2 is 1.78 bits per heavy atom. The lowest BCUT2D eigenvalue weighted by atomic mass is 10.3. The number of hydrogen-bond donors (Lipinski definition) is 1. The maximum Gasteiger partial charge on any atom is 0.322 e. The highest BCUT2D eigenvalue weighted by Crippen LogP contribution is 2.18. The van der Waals surface area contributed by atoms with Gasteiger partial charge in [-0.25, -0.2) is 8.78 Å². The van der Waals surface area contributed by atoms with Gasteiger partial charge in [0.15, 0.2) is 0 Å². The van der Waals surface area contributed by atoms with Crippen molar-refractivity contribution in [2.24, 2.45) is 0 Å². The largest absolute Gasteiger partial charge is 0.467 e. The second-order valence-electron chi connectivity index (χ2n) is 3.20. The molecule has 94 valence electrons. The molecule has 0 aliphatic rings. The molecule has 8 heteroatoms. The van der Waals surface area contributed by atoms with Crippen LogP contribution in [-0.4, -0.2) is 22.1 Å². The van der Waals surface area contributed by atoms with Crippen molar-refractivity contribution in [2.75, 3.05) is 12.4 Å². The first kappa shape index (κ1) is 12.4. The van der Waals surface area contributed by atoms with Gasteiger partial charge in [-0.2, -0.15) is 15.0 Å². The van der Waals surface area contributed by atoms with Gasteiger partial charge in [0.1, 0.15) is 11.6 Å².